The van der Waals surface area contributed by atoms with Crippen molar-refractivity contribution >= 4 is 12.6 Å². The number of hydrogen-bond acceptors (Lipinski definition) is 2. The first-order chi connectivity index (χ1) is 6.79. The molecule has 70 valence electrons. The zero-order valence-corrected chi connectivity index (χ0v) is 8.41. The van der Waals surface area contributed by atoms with Crippen molar-refractivity contribution in [3.63, 3.8) is 0 Å². The fourth-order valence-electron chi connectivity index (χ4n) is 1.40. The summed E-state index contributed by atoms with van der Waals surface area (Å²) in [6.07, 6.45) is 0. The monoisotopic (exact) mass is 202 g/mol. The highest BCUT2D eigenvalue weighted by molar-refractivity contribution is 7.80. The van der Waals surface area contributed by atoms with E-state index in [0.29, 0.717) is 0 Å². The van der Waals surface area contributed by atoms with Crippen LogP contribution in [0.2, 0.25) is 0 Å². The number of thiol groups is 1. The van der Waals surface area contributed by atoms with Crippen molar-refractivity contribution in [2.75, 3.05) is 0 Å². The van der Waals surface area contributed by atoms with Crippen LogP contribution in [0.1, 0.15) is 0 Å². The summed E-state index contributed by atoms with van der Waals surface area (Å²) in [5, 5.41) is 9.65. The minimum atomic E-state index is 0.286. The van der Waals surface area contributed by atoms with Crippen molar-refractivity contribution < 1.29 is 5.11 Å². The molecule has 0 aliphatic heterocycles. The average Bonchev–Trinajstić information content (AvgIpc) is 2.20. The van der Waals surface area contributed by atoms with E-state index in [9.17, 15) is 5.11 Å². The van der Waals surface area contributed by atoms with Crippen molar-refractivity contribution in [1.82, 2.24) is 0 Å². The molecule has 0 unspecified atom stereocenters. The van der Waals surface area contributed by atoms with Gasteiger partial charge in [0.2, 0.25) is 0 Å². The van der Waals surface area contributed by atoms with Gasteiger partial charge in [-0.1, -0.05) is 36.4 Å². The molecule has 2 heteroatoms. The molecule has 1 nitrogen and oxygen atoms in total. The van der Waals surface area contributed by atoms with Gasteiger partial charge in [0.15, 0.2) is 0 Å². The second-order valence-corrected chi connectivity index (χ2v) is 3.52. The summed E-state index contributed by atoms with van der Waals surface area (Å²) in [6.45, 7) is 0. The summed E-state index contributed by atoms with van der Waals surface area (Å²) in [6, 6.07) is 15.0. The minimum absolute atomic E-state index is 0.286. The molecule has 0 aliphatic rings. The Hall–Kier alpha value is -1.41. The number of para-hydroxylation sites is 1. The highest BCUT2D eigenvalue weighted by Gasteiger charge is 2.04. The lowest BCUT2D eigenvalue weighted by molar-refractivity contribution is 0.477. The predicted molar refractivity (Wildman–Crippen MR) is 60.8 cm³/mol. The van der Waals surface area contributed by atoms with Gasteiger partial charge in [0, 0.05) is 10.5 Å². The average molecular weight is 202 g/mol. The molecule has 0 radical (unpaired) electrons. The van der Waals surface area contributed by atoms with Crippen LogP contribution in [-0.4, -0.2) is 5.11 Å². The molecule has 0 aromatic heterocycles. The van der Waals surface area contributed by atoms with Crippen LogP contribution in [0.5, 0.6) is 5.75 Å². The Morgan fingerprint density at radius 3 is 2.00 bits per heavy atom. The summed E-state index contributed by atoms with van der Waals surface area (Å²) in [5.41, 5.74) is 1.77. The molecule has 2 rings (SSSR count). The maximum atomic E-state index is 9.65. The Kier molecular flexibility index (Phi) is 2.46. The molecular weight excluding hydrogens is 192 g/mol. The van der Waals surface area contributed by atoms with Gasteiger partial charge in [-0.05, 0) is 17.7 Å². The lowest BCUT2D eigenvalue weighted by atomic mass is 10.1. The van der Waals surface area contributed by atoms with E-state index in [4.69, 9.17) is 0 Å². The van der Waals surface area contributed by atoms with E-state index in [0.717, 1.165) is 16.0 Å². The van der Waals surface area contributed by atoms with Crippen LogP contribution in [0, 0.1) is 0 Å². The van der Waals surface area contributed by atoms with Gasteiger partial charge in [0.05, 0.1) is 0 Å². The van der Waals surface area contributed by atoms with E-state index in [1.165, 1.54) is 0 Å². The summed E-state index contributed by atoms with van der Waals surface area (Å²) in [4.78, 5) is 0.869. The lowest BCUT2D eigenvalue weighted by Crippen LogP contribution is -1.80. The molecule has 0 bridgehead atoms. The topological polar surface area (TPSA) is 20.2 Å². The first-order valence-corrected chi connectivity index (χ1v) is 4.80. The maximum Gasteiger partial charge on any atom is 0.123 e. The van der Waals surface area contributed by atoms with Gasteiger partial charge >= 0.3 is 0 Å². The Labute approximate surface area is 88.4 Å². The van der Waals surface area contributed by atoms with Crippen LogP contribution in [0.3, 0.4) is 0 Å². The highest BCUT2D eigenvalue weighted by Crippen LogP contribution is 2.32. The molecule has 0 heterocycles. The summed E-state index contributed by atoms with van der Waals surface area (Å²) in [7, 11) is 0. The number of benzene rings is 2. The second kappa shape index (κ2) is 3.76. The van der Waals surface area contributed by atoms with Crippen LogP contribution in [0.25, 0.3) is 11.1 Å². The fourth-order valence-corrected chi connectivity index (χ4v) is 1.68. The van der Waals surface area contributed by atoms with E-state index in [1.807, 2.05) is 36.4 Å². The lowest BCUT2D eigenvalue weighted by Gasteiger charge is -2.06. The minimum Gasteiger partial charge on any atom is -0.507 e. The highest BCUT2D eigenvalue weighted by atomic mass is 32.1. The van der Waals surface area contributed by atoms with Crippen LogP contribution in [0.15, 0.2) is 53.4 Å². The van der Waals surface area contributed by atoms with Crippen LogP contribution in [-0.2, 0) is 0 Å². The van der Waals surface area contributed by atoms with E-state index in [2.05, 4.69) is 12.6 Å². The Balaban J connectivity index is 2.61. The Morgan fingerprint density at radius 1 is 0.786 bits per heavy atom. The third kappa shape index (κ3) is 1.61. The van der Waals surface area contributed by atoms with Crippen molar-refractivity contribution in [3.05, 3.63) is 48.5 Å². The molecule has 0 spiro atoms. The quantitative estimate of drug-likeness (QED) is 0.679. The largest absolute Gasteiger partial charge is 0.507 e. The van der Waals surface area contributed by atoms with E-state index in [-0.39, 0.29) is 5.75 Å². The number of phenols is 1. The van der Waals surface area contributed by atoms with Crippen LogP contribution >= 0.6 is 12.6 Å². The molecule has 0 atom stereocenters. The first kappa shape index (κ1) is 9.16. The Bertz CT molecular complexity index is 408. The number of phenolic OH excluding ortho intramolecular Hbond substituents is 1. The van der Waals surface area contributed by atoms with E-state index < -0.39 is 0 Å². The molecule has 14 heavy (non-hydrogen) atoms. The fraction of sp³-hybridized carbons (Fsp3) is 0. The standard InChI is InChI=1S/C12H10OS/c13-11-7-3-1-5-9(11)10-6-2-4-8-12(10)14/h1-8,13-14H. The molecule has 0 saturated heterocycles. The van der Waals surface area contributed by atoms with Crippen molar-refractivity contribution in [1.29, 1.82) is 0 Å². The first-order valence-electron chi connectivity index (χ1n) is 4.35. The molecule has 2 aromatic rings. The molecule has 2 aromatic carbocycles. The van der Waals surface area contributed by atoms with E-state index in [1.54, 1.807) is 12.1 Å². The second-order valence-electron chi connectivity index (χ2n) is 3.03. The van der Waals surface area contributed by atoms with Gasteiger partial charge < -0.3 is 5.11 Å². The van der Waals surface area contributed by atoms with Gasteiger partial charge in [0.25, 0.3) is 0 Å². The molecule has 0 saturated carbocycles. The summed E-state index contributed by atoms with van der Waals surface area (Å²) >= 11 is 4.35. The SMILES string of the molecule is Oc1ccccc1-c1ccccc1S. The van der Waals surface area contributed by atoms with E-state index >= 15 is 0 Å². The summed E-state index contributed by atoms with van der Waals surface area (Å²) < 4.78 is 0. The van der Waals surface area contributed by atoms with Crippen molar-refractivity contribution in [2.24, 2.45) is 0 Å². The van der Waals surface area contributed by atoms with Crippen molar-refractivity contribution in [2.45, 2.75) is 4.90 Å². The number of aromatic hydroxyl groups is 1. The normalized spacial score (nSPS) is 10.1. The third-order valence-electron chi connectivity index (χ3n) is 2.10. The van der Waals surface area contributed by atoms with Gasteiger partial charge in [-0.3, -0.25) is 0 Å². The van der Waals surface area contributed by atoms with Crippen molar-refractivity contribution in [3.8, 4) is 16.9 Å². The maximum absolute atomic E-state index is 9.65. The third-order valence-corrected chi connectivity index (χ3v) is 2.49. The van der Waals surface area contributed by atoms with Gasteiger partial charge in [0.1, 0.15) is 5.75 Å². The van der Waals surface area contributed by atoms with Gasteiger partial charge in [-0.2, -0.15) is 0 Å². The van der Waals surface area contributed by atoms with Crippen LogP contribution < -0.4 is 0 Å². The smallest absolute Gasteiger partial charge is 0.123 e. The zero-order valence-electron chi connectivity index (χ0n) is 7.51. The van der Waals surface area contributed by atoms with Gasteiger partial charge in [-0.25, -0.2) is 0 Å². The number of hydrogen-bond donors (Lipinski definition) is 2. The Morgan fingerprint density at radius 2 is 1.36 bits per heavy atom. The molecule has 1 N–H and O–H groups in total. The predicted octanol–water partition coefficient (Wildman–Crippen LogP) is 3.35. The van der Waals surface area contributed by atoms with Gasteiger partial charge in [-0.15, -0.1) is 12.6 Å². The van der Waals surface area contributed by atoms with Crippen LogP contribution in [0.4, 0.5) is 0 Å². The summed E-state index contributed by atoms with van der Waals surface area (Å²) in [5.74, 6) is 0.286. The number of rotatable bonds is 1. The molecular formula is C12H10OS. The molecule has 0 amide bonds. The zero-order chi connectivity index (χ0) is 9.97. The molecule has 0 aliphatic carbocycles. The molecule has 0 fully saturated rings.